The van der Waals surface area contributed by atoms with Crippen LogP contribution in [0.1, 0.15) is 24.1 Å². The summed E-state index contributed by atoms with van der Waals surface area (Å²) in [4.78, 5) is 17.2. The fourth-order valence-corrected chi connectivity index (χ4v) is 2.37. The lowest BCUT2D eigenvalue weighted by Crippen LogP contribution is -2.39. The minimum Gasteiger partial charge on any atom is -0.385 e. The molecule has 0 spiro atoms. The Balaban J connectivity index is 2.46. The van der Waals surface area contributed by atoms with E-state index in [0.29, 0.717) is 0 Å². The molecular formula is C14H14BrN3O. The fraction of sp³-hybridized carbons (Fsp3) is 0.286. The largest absolute Gasteiger partial charge is 0.385 e. The van der Waals surface area contributed by atoms with E-state index in [4.69, 9.17) is 12.2 Å². The second kappa shape index (κ2) is 5.06. The Hall–Kier alpha value is -1.80. The van der Waals surface area contributed by atoms with Gasteiger partial charge in [-0.3, -0.25) is 4.90 Å². The highest BCUT2D eigenvalue weighted by Crippen LogP contribution is 2.30. The summed E-state index contributed by atoms with van der Waals surface area (Å²) in [7, 11) is 0. The summed E-state index contributed by atoms with van der Waals surface area (Å²) in [5.41, 5.74) is 7.86. The number of carbonyl (C=O) groups excluding carboxylic acids is 1. The van der Waals surface area contributed by atoms with Crippen LogP contribution in [-0.2, 0) is 0 Å². The molecule has 2 atom stereocenters. The first-order valence-corrected chi connectivity index (χ1v) is 6.63. The molecule has 0 saturated carbocycles. The molecule has 0 fully saturated rings. The molecule has 98 valence electrons. The van der Waals surface area contributed by atoms with Crippen molar-refractivity contribution in [2.45, 2.75) is 25.9 Å². The number of nitrogens with zero attached hydrogens (tertiary/aromatic N) is 2. The van der Waals surface area contributed by atoms with Gasteiger partial charge in [-0.05, 0) is 31.0 Å². The number of terminal acetylenes is 1. The first kappa shape index (κ1) is 13.6. The molecule has 19 heavy (non-hydrogen) atoms. The number of nitrogens with two attached hydrogens (primary N) is 1. The van der Waals surface area contributed by atoms with Crippen molar-refractivity contribution in [2.75, 3.05) is 0 Å². The van der Waals surface area contributed by atoms with E-state index >= 15 is 0 Å². The van der Waals surface area contributed by atoms with Crippen molar-refractivity contribution in [1.82, 2.24) is 4.90 Å². The lowest BCUT2D eigenvalue weighted by atomic mass is 10.0. The Bertz CT molecular complexity index is 603. The summed E-state index contributed by atoms with van der Waals surface area (Å²) in [5.74, 6) is 2.84. The van der Waals surface area contributed by atoms with Crippen molar-refractivity contribution in [1.29, 1.82) is 0 Å². The van der Waals surface area contributed by atoms with Gasteiger partial charge in [-0.25, -0.2) is 4.79 Å². The van der Waals surface area contributed by atoms with Crippen molar-refractivity contribution >= 4 is 27.8 Å². The first-order chi connectivity index (χ1) is 8.95. The molecule has 0 radical (unpaired) electrons. The second-order valence-corrected chi connectivity index (χ2v) is 5.33. The van der Waals surface area contributed by atoms with Crippen LogP contribution in [0.3, 0.4) is 0 Å². The topological polar surface area (TPSA) is 58.7 Å². The number of benzene rings is 1. The lowest BCUT2D eigenvalue weighted by Gasteiger charge is -2.27. The Labute approximate surface area is 120 Å². The maximum Gasteiger partial charge on any atom is 0.347 e. The minimum absolute atomic E-state index is 0.286. The van der Waals surface area contributed by atoms with Crippen LogP contribution < -0.4 is 5.73 Å². The van der Waals surface area contributed by atoms with Crippen LogP contribution in [0.5, 0.6) is 0 Å². The van der Waals surface area contributed by atoms with Gasteiger partial charge in [0, 0.05) is 4.47 Å². The van der Waals surface area contributed by atoms with Crippen LogP contribution in [0.15, 0.2) is 27.7 Å². The smallest absolute Gasteiger partial charge is 0.347 e. The van der Waals surface area contributed by atoms with Crippen molar-refractivity contribution in [3.8, 4) is 12.3 Å². The van der Waals surface area contributed by atoms with E-state index < -0.39 is 0 Å². The molecule has 0 bridgehead atoms. The number of hydrogen-bond acceptors (Lipinski definition) is 2. The Morgan fingerprint density at radius 2 is 2.26 bits per heavy atom. The first-order valence-electron chi connectivity index (χ1n) is 5.84. The molecule has 0 aliphatic carbocycles. The fourth-order valence-electron chi connectivity index (χ4n) is 2.12. The van der Waals surface area contributed by atoms with Gasteiger partial charge in [-0.2, -0.15) is 4.99 Å². The molecule has 5 heteroatoms. The quantitative estimate of drug-likeness (QED) is 0.852. The zero-order chi connectivity index (χ0) is 14.2. The molecule has 1 aromatic carbocycles. The molecule has 1 aromatic rings. The number of amidine groups is 1. The molecule has 1 heterocycles. The molecule has 2 rings (SSSR count). The average Bonchev–Trinajstić information content (AvgIpc) is 2.67. The van der Waals surface area contributed by atoms with Gasteiger partial charge >= 0.3 is 6.03 Å². The monoisotopic (exact) mass is 319 g/mol. The van der Waals surface area contributed by atoms with Gasteiger partial charge in [-0.15, -0.1) is 6.42 Å². The zero-order valence-corrected chi connectivity index (χ0v) is 12.3. The van der Waals surface area contributed by atoms with Gasteiger partial charge in [0.25, 0.3) is 0 Å². The highest BCUT2D eigenvalue weighted by atomic mass is 79.9. The molecule has 2 amide bonds. The average molecular weight is 320 g/mol. The van der Waals surface area contributed by atoms with Gasteiger partial charge in [0.1, 0.15) is 11.9 Å². The number of carbonyl (C=O) groups is 1. The minimum atomic E-state index is -0.384. The molecular weight excluding hydrogens is 306 g/mol. The van der Waals surface area contributed by atoms with E-state index in [2.05, 4.69) is 26.8 Å². The van der Waals surface area contributed by atoms with Crippen molar-refractivity contribution in [3.63, 3.8) is 0 Å². The van der Waals surface area contributed by atoms with Gasteiger partial charge in [0.2, 0.25) is 0 Å². The summed E-state index contributed by atoms with van der Waals surface area (Å²) in [6.07, 6.45) is 5.41. The Morgan fingerprint density at radius 3 is 2.84 bits per heavy atom. The van der Waals surface area contributed by atoms with Crippen molar-refractivity contribution in [2.24, 2.45) is 10.7 Å². The van der Waals surface area contributed by atoms with E-state index in [9.17, 15) is 4.79 Å². The van der Waals surface area contributed by atoms with Crippen LogP contribution in [0.2, 0.25) is 0 Å². The normalized spacial score (nSPS) is 20.1. The molecule has 0 saturated heterocycles. The molecule has 1 aliphatic rings. The number of rotatable bonds is 2. The molecule has 4 nitrogen and oxygen atoms in total. The number of aliphatic imine (C=N–C) groups is 1. The van der Waals surface area contributed by atoms with Gasteiger partial charge in [0.15, 0.2) is 0 Å². The van der Waals surface area contributed by atoms with Crippen LogP contribution in [0.4, 0.5) is 4.79 Å². The van der Waals surface area contributed by atoms with Gasteiger partial charge < -0.3 is 5.73 Å². The van der Waals surface area contributed by atoms with E-state index in [0.717, 1.165) is 15.6 Å². The zero-order valence-electron chi connectivity index (χ0n) is 10.7. The third kappa shape index (κ3) is 2.36. The van der Waals surface area contributed by atoms with Gasteiger partial charge in [-0.1, -0.05) is 34.0 Å². The summed E-state index contributed by atoms with van der Waals surface area (Å²) in [6, 6.07) is 4.70. The van der Waals surface area contributed by atoms with Crippen molar-refractivity contribution in [3.05, 3.63) is 33.8 Å². The number of hydrogen-bond donors (Lipinski definition) is 1. The molecule has 0 aromatic heterocycles. The third-order valence-corrected chi connectivity index (χ3v) is 4.05. The highest BCUT2D eigenvalue weighted by molar-refractivity contribution is 9.10. The van der Waals surface area contributed by atoms with E-state index in [1.54, 1.807) is 6.92 Å². The van der Waals surface area contributed by atoms with Gasteiger partial charge in [0.05, 0.1) is 6.04 Å². The Morgan fingerprint density at radius 1 is 1.58 bits per heavy atom. The van der Waals surface area contributed by atoms with Crippen LogP contribution in [-0.4, -0.2) is 22.8 Å². The maximum absolute atomic E-state index is 11.9. The van der Waals surface area contributed by atoms with E-state index in [1.165, 1.54) is 4.90 Å². The summed E-state index contributed by atoms with van der Waals surface area (Å²) >= 11 is 3.45. The third-order valence-electron chi connectivity index (χ3n) is 3.16. The Kier molecular flexibility index (Phi) is 3.63. The molecule has 1 aliphatic heterocycles. The number of urea groups is 1. The predicted molar refractivity (Wildman–Crippen MR) is 78.8 cm³/mol. The number of aryl methyl sites for hydroxylation is 1. The SMILES string of the molecule is C#CC(C)N1C(=O)N=C(N)C1c1ccc(Br)c(C)c1. The van der Waals surface area contributed by atoms with Crippen molar-refractivity contribution < 1.29 is 4.79 Å². The maximum atomic E-state index is 11.9. The summed E-state index contributed by atoms with van der Waals surface area (Å²) < 4.78 is 1.01. The van der Waals surface area contributed by atoms with Crippen LogP contribution in [0, 0.1) is 19.3 Å². The second-order valence-electron chi connectivity index (χ2n) is 4.48. The lowest BCUT2D eigenvalue weighted by molar-refractivity contribution is 0.199. The summed E-state index contributed by atoms with van der Waals surface area (Å²) in [6.45, 7) is 3.76. The summed E-state index contributed by atoms with van der Waals surface area (Å²) in [5, 5.41) is 0. The highest BCUT2D eigenvalue weighted by Gasteiger charge is 2.37. The number of halogens is 1. The van der Waals surface area contributed by atoms with Crippen LogP contribution in [0.25, 0.3) is 0 Å². The molecule has 2 unspecified atom stereocenters. The van der Waals surface area contributed by atoms with E-state index in [1.807, 2.05) is 25.1 Å². The van der Waals surface area contributed by atoms with E-state index in [-0.39, 0.29) is 24.0 Å². The van der Waals surface area contributed by atoms with Crippen LogP contribution >= 0.6 is 15.9 Å². The standard InChI is InChI=1S/C14H14BrN3O/c1-4-9(3)18-12(13(16)17-14(18)19)10-5-6-11(15)8(2)7-10/h1,5-7,9,12H,2-3H3,(H2,16,17,19). The predicted octanol–water partition coefficient (Wildman–Crippen LogP) is 2.61. The molecule has 2 N–H and O–H groups in total. The number of amides is 2.